The highest BCUT2D eigenvalue weighted by molar-refractivity contribution is 5.98. The lowest BCUT2D eigenvalue weighted by molar-refractivity contribution is -0.158. The van der Waals surface area contributed by atoms with Crippen LogP contribution in [0.3, 0.4) is 0 Å². The third kappa shape index (κ3) is 3.79. The average molecular weight is 356 g/mol. The Labute approximate surface area is 153 Å². The molecule has 0 radical (unpaired) electrons. The first-order valence-corrected chi connectivity index (χ1v) is 9.02. The summed E-state index contributed by atoms with van der Waals surface area (Å²) in [6, 6.07) is 7.51. The van der Waals surface area contributed by atoms with Gasteiger partial charge in [-0.05, 0) is 44.2 Å². The van der Waals surface area contributed by atoms with Crippen LogP contribution in [0.2, 0.25) is 0 Å². The minimum Gasteiger partial charge on any atom is -0.467 e. The molecule has 0 spiro atoms. The van der Waals surface area contributed by atoms with E-state index in [1.807, 2.05) is 18.2 Å². The van der Waals surface area contributed by atoms with Crippen LogP contribution in [0.1, 0.15) is 42.5 Å². The predicted octanol–water partition coefficient (Wildman–Crippen LogP) is 2.06. The lowest BCUT2D eigenvalue weighted by atomic mass is 9.90. The fourth-order valence-corrected chi connectivity index (χ4v) is 3.73. The molecule has 6 heteroatoms. The molecule has 1 saturated heterocycles. The molecule has 0 aromatic heterocycles. The van der Waals surface area contributed by atoms with E-state index in [4.69, 9.17) is 4.74 Å². The van der Waals surface area contributed by atoms with Crippen molar-refractivity contribution in [2.75, 3.05) is 7.11 Å². The third-order valence-corrected chi connectivity index (χ3v) is 5.06. The van der Waals surface area contributed by atoms with Gasteiger partial charge in [0.25, 0.3) is 5.91 Å². The molecular formula is C20H24N2O4. The highest BCUT2D eigenvalue weighted by atomic mass is 16.5. The lowest BCUT2D eigenvalue weighted by Crippen LogP contribution is -2.59. The summed E-state index contributed by atoms with van der Waals surface area (Å²) in [5, 5.41) is 2.83. The van der Waals surface area contributed by atoms with Crippen molar-refractivity contribution >= 4 is 17.8 Å². The third-order valence-electron chi connectivity index (χ3n) is 5.06. The lowest BCUT2D eigenvalue weighted by Gasteiger charge is -2.42. The van der Waals surface area contributed by atoms with Crippen molar-refractivity contribution in [2.45, 2.75) is 50.2 Å². The Morgan fingerprint density at radius 1 is 1.12 bits per heavy atom. The van der Waals surface area contributed by atoms with Crippen LogP contribution in [0.5, 0.6) is 0 Å². The molecule has 6 nitrogen and oxygen atoms in total. The van der Waals surface area contributed by atoms with Gasteiger partial charge in [0, 0.05) is 11.6 Å². The molecule has 1 N–H and O–H groups in total. The molecule has 3 unspecified atom stereocenters. The SMILES string of the molecule is COC(=O)C1CCCC2CC=CCC(NC(=O)c3ccccc3)C(=O)N21. The number of rotatable bonds is 3. The number of ether oxygens (including phenoxy) is 1. The number of carbonyl (C=O) groups is 3. The first kappa shape index (κ1) is 18.2. The molecule has 0 aliphatic carbocycles. The zero-order valence-electron chi connectivity index (χ0n) is 14.9. The van der Waals surface area contributed by atoms with Gasteiger partial charge in [0.15, 0.2) is 0 Å². The van der Waals surface area contributed by atoms with Crippen LogP contribution >= 0.6 is 0 Å². The maximum Gasteiger partial charge on any atom is 0.328 e. The van der Waals surface area contributed by atoms with Crippen molar-refractivity contribution in [1.29, 1.82) is 0 Å². The number of hydrogen-bond acceptors (Lipinski definition) is 4. The van der Waals surface area contributed by atoms with Gasteiger partial charge in [0.1, 0.15) is 12.1 Å². The van der Waals surface area contributed by atoms with Crippen molar-refractivity contribution in [1.82, 2.24) is 10.2 Å². The maximum absolute atomic E-state index is 13.2. The van der Waals surface area contributed by atoms with Crippen LogP contribution in [-0.2, 0) is 14.3 Å². The molecule has 2 aliphatic heterocycles. The number of piperidine rings is 1. The Balaban J connectivity index is 1.83. The van der Waals surface area contributed by atoms with E-state index in [0.29, 0.717) is 18.4 Å². The number of hydrogen-bond donors (Lipinski definition) is 1. The van der Waals surface area contributed by atoms with E-state index in [1.165, 1.54) is 7.11 Å². The van der Waals surface area contributed by atoms with Gasteiger partial charge in [-0.2, -0.15) is 0 Å². The van der Waals surface area contributed by atoms with Crippen LogP contribution in [0, 0.1) is 0 Å². The molecule has 2 aliphatic rings. The molecule has 3 rings (SSSR count). The monoisotopic (exact) mass is 356 g/mol. The van der Waals surface area contributed by atoms with Crippen molar-refractivity contribution in [3.05, 3.63) is 48.0 Å². The maximum atomic E-state index is 13.2. The smallest absolute Gasteiger partial charge is 0.328 e. The molecule has 1 aromatic rings. The van der Waals surface area contributed by atoms with Crippen molar-refractivity contribution < 1.29 is 19.1 Å². The summed E-state index contributed by atoms with van der Waals surface area (Å²) in [6.45, 7) is 0. The van der Waals surface area contributed by atoms with Crippen LogP contribution in [0.15, 0.2) is 42.5 Å². The van der Waals surface area contributed by atoms with E-state index in [1.54, 1.807) is 29.2 Å². The highest BCUT2D eigenvalue weighted by Gasteiger charge is 2.41. The molecule has 2 heterocycles. The van der Waals surface area contributed by atoms with Gasteiger partial charge in [-0.3, -0.25) is 9.59 Å². The first-order chi connectivity index (χ1) is 12.6. The second-order valence-corrected chi connectivity index (χ2v) is 6.70. The molecule has 0 saturated carbocycles. The molecule has 1 aromatic carbocycles. The number of amides is 2. The summed E-state index contributed by atoms with van der Waals surface area (Å²) in [5.41, 5.74) is 0.506. The van der Waals surface area contributed by atoms with Crippen LogP contribution < -0.4 is 5.32 Å². The average Bonchev–Trinajstić information content (AvgIpc) is 2.68. The topological polar surface area (TPSA) is 75.7 Å². The van der Waals surface area contributed by atoms with Gasteiger partial charge in [0.2, 0.25) is 5.91 Å². The van der Waals surface area contributed by atoms with Gasteiger partial charge < -0.3 is 15.0 Å². The Morgan fingerprint density at radius 2 is 1.85 bits per heavy atom. The summed E-state index contributed by atoms with van der Waals surface area (Å²) in [7, 11) is 1.34. The van der Waals surface area contributed by atoms with Crippen LogP contribution in [-0.4, -0.2) is 47.9 Å². The largest absolute Gasteiger partial charge is 0.467 e. The quantitative estimate of drug-likeness (QED) is 0.664. The summed E-state index contributed by atoms with van der Waals surface area (Å²) in [4.78, 5) is 39.5. The minimum atomic E-state index is -0.688. The zero-order chi connectivity index (χ0) is 18.5. The number of methoxy groups -OCH3 is 1. The van der Waals surface area contributed by atoms with E-state index in [9.17, 15) is 14.4 Å². The number of esters is 1. The summed E-state index contributed by atoms with van der Waals surface area (Å²) < 4.78 is 4.91. The molecule has 138 valence electrons. The van der Waals surface area contributed by atoms with Gasteiger partial charge in [0.05, 0.1) is 7.11 Å². The first-order valence-electron chi connectivity index (χ1n) is 9.02. The standard InChI is InChI=1S/C20H24N2O4/c1-26-20(25)17-13-7-11-15-10-5-6-12-16(19(24)22(15)17)21-18(23)14-8-3-2-4-9-14/h2-6,8-9,15-17H,7,10-13H2,1H3,(H,21,23). The van der Waals surface area contributed by atoms with E-state index in [2.05, 4.69) is 5.32 Å². The summed E-state index contributed by atoms with van der Waals surface area (Å²) in [6.07, 6.45) is 7.43. The minimum absolute atomic E-state index is 0.0342. The van der Waals surface area contributed by atoms with E-state index >= 15 is 0 Å². The van der Waals surface area contributed by atoms with Crippen LogP contribution in [0.25, 0.3) is 0 Å². The van der Waals surface area contributed by atoms with Crippen molar-refractivity contribution in [3.63, 3.8) is 0 Å². The van der Waals surface area contributed by atoms with Gasteiger partial charge in [-0.15, -0.1) is 0 Å². The van der Waals surface area contributed by atoms with E-state index < -0.39 is 12.1 Å². The van der Waals surface area contributed by atoms with Gasteiger partial charge in [-0.25, -0.2) is 4.79 Å². The van der Waals surface area contributed by atoms with Crippen LogP contribution in [0.4, 0.5) is 0 Å². The Morgan fingerprint density at radius 3 is 2.58 bits per heavy atom. The molecular weight excluding hydrogens is 332 g/mol. The van der Waals surface area contributed by atoms with Crippen molar-refractivity contribution in [3.8, 4) is 0 Å². The second-order valence-electron chi connectivity index (χ2n) is 6.70. The number of benzene rings is 1. The normalized spacial score (nSPS) is 25.7. The number of fused-ring (bicyclic) bond motifs is 1. The zero-order valence-corrected chi connectivity index (χ0v) is 14.9. The summed E-state index contributed by atoms with van der Waals surface area (Å²) in [5.74, 6) is -0.888. The Bertz CT molecular complexity index is 701. The number of nitrogens with one attached hydrogen (secondary N) is 1. The number of nitrogens with zero attached hydrogens (tertiary/aromatic N) is 1. The summed E-state index contributed by atoms with van der Waals surface area (Å²) >= 11 is 0. The van der Waals surface area contributed by atoms with Gasteiger partial charge in [-0.1, -0.05) is 30.4 Å². The molecule has 2 amide bonds. The molecule has 3 atom stereocenters. The van der Waals surface area contributed by atoms with E-state index in [0.717, 1.165) is 19.3 Å². The molecule has 0 bridgehead atoms. The number of carbonyl (C=O) groups excluding carboxylic acids is 3. The fraction of sp³-hybridized carbons (Fsp3) is 0.450. The Kier molecular flexibility index (Phi) is 5.71. The second kappa shape index (κ2) is 8.17. The van der Waals surface area contributed by atoms with Gasteiger partial charge >= 0.3 is 5.97 Å². The van der Waals surface area contributed by atoms with Crippen molar-refractivity contribution in [2.24, 2.45) is 0 Å². The predicted molar refractivity (Wildman–Crippen MR) is 96.4 cm³/mol. The highest BCUT2D eigenvalue weighted by Crippen LogP contribution is 2.28. The molecule has 1 fully saturated rings. The van der Waals surface area contributed by atoms with E-state index in [-0.39, 0.29) is 23.8 Å². The Hall–Kier alpha value is -2.63. The fourth-order valence-electron chi connectivity index (χ4n) is 3.73. The molecule has 26 heavy (non-hydrogen) atoms.